The van der Waals surface area contributed by atoms with Crippen LogP contribution in [0.25, 0.3) is 0 Å². The molecule has 7 heteroatoms. The van der Waals surface area contributed by atoms with Crippen molar-refractivity contribution in [3.63, 3.8) is 0 Å². The number of hydrogen-bond acceptors (Lipinski definition) is 2. The molecule has 0 unspecified atom stereocenters. The standard InChI is InChI=1S/C13H18F3N3O/c1-3-4-19-6-10(5-17-19)11(20)18-8-12(2,9-18)7-13(14,15)16/h5-6H,3-4,7-9H2,1-2H3. The molecule has 1 aromatic heterocycles. The maximum absolute atomic E-state index is 12.4. The topological polar surface area (TPSA) is 38.1 Å². The molecule has 2 heterocycles. The average Bonchev–Trinajstić information content (AvgIpc) is 2.71. The fraction of sp³-hybridized carbons (Fsp3) is 0.692. The van der Waals surface area contributed by atoms with Gasteiger partial charge >= 0.3 is 6.18 Å². The van der Waals surface area contributed by atoms with Crippen molar-refractivity contribution in [1.29, 1.82) is 0 Å². The van der Waals surface area contributed by atoms with E-state index in [9.17, 15) is 18.0 Å². The second kappa shape index (κ2) is 5.10. The molecular weight excluding hydrogens is 271 g/mol. The lowest BCUT2D eigenvalue weighted by atomic mass is 9.78. The summed E-state index contributed by atoms with van der Waals surface area (Å²) < 4.78 is 38.9. The Balaban J connectivity index is 1.93. The van der Waals surface area contributed by atoms with Crippen LogP contribution >= 0.6 is 0 Å². The zero-order valence-electron chi connectivity index (χ0n) is 11.6. The highest BCUT2D eigenvalue weighted by molar-refractivity contribution is 5.94. The number of amides is 1. The van der Waals surface area contributed by atoms with Gasteiger partial charge in [-0.15, -0.1) is 0 Å². The average molecular weight is 289 g/mol. The number of aromatic nitrogens is 2. The molecular formula is C13H18F3N3O. The predicted octanol–water partition coefficient (Wildman–Crippen LogP) is 2.71. The molecule has 0 bridgehead atoms. The number of carbonyl (C=O) groups is 1. The molecule has 1 aliphatic rings. The van der Waals surface area contributed by atoms with Gasteiger partial charge < -0.3 is 4.90 Å². The minimum atomic E-state index is -4.18. The van der Waals surface area contributed by atoms with Crippen LogP contribution in [-0.4, -0.2) is 39.9 Å². The van der Waals surface area contributed by atoms with Gasteiger partial charge in [-0.1, -0.05) is 13.8 Å². The number of nitrogens with zero attached hydrogens (tertiary/aromatic N) is 3. The van der Waals surface area contributed by atoms with Crippen LogP contribution in [0.5, 0.6) is 0 Å². The predicted molar refractivity (Wildman–Crippen MR) is 67.2 cm³/mol. The Morgan fingerprint density at radius 3 is 2.65 bits per heavy atom. The summed E-state index contributed by atoms with van der Waals surface area (Å²) in [5, 5.41) is 4.05. The lowest BCUT2D eigenvalue weighted by molar-refractivity contribution is -0.172. The molecule has 0 atom stereocenters. The van der Waals surface area contributed by atoms with Gasteiger partial charge in [-0.25, -0.2) is 0 Å². The summed E-state index contributed by atoms with van der Waals surface area (Å²) in [5.74, 6) is -0.244. The molecule has 0 spiro atoms. The first-order chi connectivity index (χ1) is 9.22. The second-order valence-electron chi connectivity index (χ2n) is 5.76. The number of alkyl halides is 3. The summed E-state index contributed by atoms with van der Waals surface area (Å²) in [6.07, 6.45) is -1.01. The Morgan fingerprint density at radius 1 is 1.45 bits per heavy atom. The first-order valence-corrected chi connectivity index (χ1v) is 6.61. The highest BCUT2D eigenvalue weighted by atomic mass is 19.4. The third-order valence-electron chi connectivity index (χ3n) is 3.39. The smallest absolute Gasteiger partial charge is 0.337 e. The summed E-state index contributed by atoms with van der Waals surface area (Å²) in [6.45, 7) is 4.57. The summed E-state index contributed by atoms with van der Waals surface area (Å²) in [7, 11) is 0. The molecule has 0 saturated carbocycles. The third kappa shape index (κ3) is 3.32. The Morgan fingerprint density at radius 2 is 2.10 bits per heavy atom. The monoisotopic (exact) mass is 289 g/mol. The maximum atomic E-state index is 12.4. The highest BCUT2D eigenvalue weighted by Gasteiger charge is 2.48. The van der Waals surface area contributed by atoms with Gasteiger partial charge in [0, 0.05) is 31.2 Å². The van der Waals surface area contributed by atoms with E-state index in [1.807, 2.05) is 6.92 Å². The van der Waals surface area contributed by atoms with Crippen molar-refractivity contribution in [2.45, 2.75) is 39.4 Å². The number of likely N-dealkylation sites (tertiary alicyclic amines) is 1. The summed E-state index contributed by atoms with van der Waals surface area (Å²) >= 11 is 0. The van der Waals surface area contributed by atoms with Gasteiger partial charge in [-0.2, -0.15) is 18.3 Å². The van der Waals surface area contributed by atoms with Gasteiger partial charge in [-0.3, -0.25) is 9.48 Å². The van der Waals surface area contributed by atoms with Crippen molar-refractivity contribution in [1.82, 2.24) is 14.7 Å². The Hall–Kier alpha value is -1.53. The molecule has 1 aromatic rings. The van der Waals surface area contributed by atoms with E-state index < -0.39 is 18.0 Å². The minimum absolute atomic E-state index is 0.143. The molecule has 20 heavy (non-hydrogen) atoms. The van der Waals surface area contributed by atoms with E-state index in [2.05, 4.69) is 5.10 Å². The Kier molecular flexibility index (Phi) is 3.80. The van der Waals surface area contributed by atoms with E-state index in [0.717, 1.165) is 13.0 Å². The maximum Gasteiger partial charge on any atom is 0.389 e. The van der Waals surface area contributed by atoms with Crippen LogP contribution in [0.4, 0.5) is 13.2 Å². The van der Waals surface area contributed by atoms with Crippen LogP contribution in [-0.2, 0) is 6.54 Å². The molecule has 2 rings (SSSR count). The van der Waals surface area contributed by atoms with E-state index in [0.29, 0.717) is 5.56 Å². The molecule has 4 nitrogen and oxygen atoms in total. The SMILES string of the molecule is CCCn1cc(C(=O)N2CC(C)(CC(F)(F)F)C2)cn1. The fourth-order valence-corrected chi connectivity index (χ4v) is 2.62. The number of carbonyl (C=O) groups excluding carboxylic acids is 1. The summed E-state index contributed by atoms with van der Waals surface area (Å²) in [4.78, 5) is 13.5. The van der Waals surface area contributed by atoms with Crippen molar-refractivity contribution >= 4 is 5.91 Å². The quantitative estimate of drug-likeness (QED) is 0.854. The number of aryl methyl sites for hydroxylation is 1. The number of hydrogen-bond donors (Lipinski definition) is 0. The minimum Gasteiger partial charge on any atom is -0.337 e. The molecule has 0 aromatic carbocycles. The molecule has 0 radical (unpaired) electrons. The Labute approximate surface area is 115 Å². The molecule has 1 saturated heterocycles. The molecule has 0 aliphatic carbocycles. The van der Waals surface area contributed by atoms with Gasteiger partial charge in [0.1, 0.15) is 0 Å². The van der Waals surface area contributed by atoms with Crippen molar-refractivity contribution in [3.8, 4) is 0 Å². The van der Waals surface area contributed by atoms with E-state index in [1.165, 1.54) is 11.1 Å². The lowest BCUT2D eigenvalue weighted by Gasteiger charge is -2.48. The second-order valence-corrected chi connectivity index (χ2v) is 5.76. The van der Waals surface area contributed by atoms with Crippen LogP contribution < -0.4 is 0 Å². The molecule has 1 amide bonds. The molecule has 1 aliphatic heterocycles. The lowest BCUT2D eigenvalue weighted by Crippen LogP contribution is -2.58. The van der Waals surface area contributed by atoms with Gasteiger partial charge in [0.05, 0.1) is 18.2 Å². The zero-order valence-corrected chi connectivity index (χ0v) is 11.6. The van der Waals surface area contributed by atoms with Crippen LogP contribution in [0.3, 0.4) is 0 Å². The zero-order chi connectivity index (χ0) is 15.0. The largest absolute Gasteiger partial charge is 0.389 e. The van der Waals surface area contributed by atoms with Crippen LogP contribution in [0.1, 0.15) is 37.0 Å². The first-order valence-electron chi connectivity index (χ1n) is 6.61. The first kappa shape index (κ1) is 14.9. The van der Waals surface area contributed by atoms with Crippen LogP contribution in [0.2, 0.25) is 0 Å². The summed E-state index contributed by atoms with van der Waals surface area (Å²) in [6, 6.07) is 0. The third-order valence-corrected chi connectivity index (χ3v) is 3.39. The van der Waals surface area contributed by atoms with Gasteiger partial charge in [0.2, 0.25) is 0 Å². The summed E-state index contributed by atoms with van der Waals surface area (Å²) in [5.41, 5.74) is -0.416. The van der Waals surface area contributed by atoms with Gasteiger partial charge in [0.15, 0.2) is 0 Å². The molecule has 0 N–H and O–H groups in total. The molecule has 112 valence electrons. The Bertz CT molecular complexity index is 489. The van der Waals surface area contributed by atoms with Gasteiger partial charge in [0.25, 0.3) is 5.91 Å². The fourth-order valence-electron chi connectivity index (χ4n) is 2.62. The van der Waals surface area contributed by atoms with Crippen molar-refractivity contribution in [2.75, 3.05) is 13.1 Å². The van der Waals surface area contributed by atoms with Crippen molar-refractivity contribution < 1.29 is 18.0 Å². The van der Waals surface area contributed by atoms with E-state index in [-0.39, 0.29) is 19.0 Å². The van der Waals surface area contributed by atoms with E-state index in [1.54, 1.807) is 17.8 Å². The normalized spacial score (nSPS) is 17.9. The number of rotatable bonds is 4. The van der Waals surface area contributed by atoms with Crippen LogP contribution in [0.15, 0.2) is 12.4 Å². The van der Waals surface area contributed by atoms with E-state index in [4.69, 9.17) is 0 Å². The van der Waals surface area contributed by atoms with Crippen LogP contribution in [0, 0.1) is 5.41 Å². The highest BCUT2D eigenvalue weighted by Crippen LogP contribution is 2.40. The van der Waals surface area contributed by atoms with Crippen molar-refractivity contribution in [2.24, 2.45) is 5.41 Å². The molecule has 1 fully saturated rings. The van der Waals surface area contributed by atoms with E-state index >= 15 is 0 Å². The number of halogens is 3. The van der Waals surface area contributed by atoms with Gasteiger partial charge in [-0.05, 0) is 6.42 Å². The van der Waals surface area contributed by atoms with Crippen molar-refractivity contribution in [3.05, 3.63) is 18.0 Å².